The fraction of sp³-hybridized carbons (Fsp3) is 0.444. The quantitative estimate of drug-likeness (QED) is 0.443. The van der Waals surface area contributed by atoms with Crippen LogP contribution >= 0.6 is 23.2 Å². The van der Waals surface area contributed by atoms with Crippen LogP contribution in [-0.2, 0) is 0 Å². The third-order valence-corrected chi connectivity index (χ3v) is 8.35. The van der Waals surface area contributed by atoms with Crippen LogP contribution in [0.1, 0.15) is 34.7 Å². The lowest BCUT2D eigenvalue weighted by molar-refractivity contribution is 0.0658. The summed E-state index contributed by atoms with van der Waals surface area (Å²) < 4.78 is 16.9. The van der Waals surface area contributed by atoms with Crippen molar-refractivity contribution in [2.24, 2.45) is 0 Å². The monoisotopic (exact) mass is 603 g/mol. The second-order valence-electron chi connectivity index (χ2n) is 10.7. The Morgan fingerprint density at radius 3 is 2.34 bits per heavy atom. The first-order chi connectivity index (χ1) is 19.5. The molecule has 0 radical (unpaired) electrons. The van der Waals surface area contributed by atoms with Crippen molar-refractivity contribution in [1.82, 2.24) is 34.7 Å². The summed E-state index contributed by atoms with van der Waals surface area (Å²) in [7, 11) is 4.06. The van der Waals surface area contributed by atoms with Crippen molar-refractivity contribution in [3.05, 3.63) is 57.8 Å². The Balaban J connectivity index is 1.50. The molecule has 0 saturated carbocycles. The zero-order valence-electron chi connectivity index (χ0n) is 23.3. The molecule has 0 bridgehead atoms. The molecule has 11 nitrogen and oxygen atoms in total. The summed E-state index contributed by atoms with van der Waals surface area (Å²) in [6.07, 6.45) is 2.70. The van der Waals surface area contributed by atoms with Gasteiger partial charge in [-0.05, 0) is 40.1 Å². The van der Waals surface area contributed by atoms with Crippen LogP contribution in [0.15, 0.2) is 30.6 Å². The van der Waals surface area contributed by atoms with Gasteiger partial charge in [0.25, 0.3) is 11.8 Å². The molecule has 2 fully saturated rings. The molecule has 1 N–H and O–H groups in total. The van der Waals surface area contributed by atoms with Gasteiger partial charge in [-0.2, -0.15) is 0 Å². The van der Waals surface area contributed by atoms with E-state index in [9.17, 15) is 9.59 Å². The van der Waals surface area contributed by atoms with Gasteiger partial charge in [0.1, 0.15) is 10.8 Å². The van der Waals surface area contributed by atoms with Gasteiger partial charge in [-0.25, -0.2) is 14.1 Å². The first kappa shape index (κ1) is 29.2. The van der Waals surface area contributed by atoms with Crippen molar-refractivity contribution in [1.29, 1.82) is 0 Å². The van der Waals surface area contributed by atoms with Crippen LogP contribution in [0.2, 0.25) is 10.2 Å². The molecule has 218 valence electrons. The molecule has 2 aliphatic heterocycles. The van der Waals surface area contributed by atoms with Gasteiger partial charge >= 0.3 is 0 Å². The van der Waals surface area contributed by atoms with Crippen LogP contribution in [0.25, 0.3) is 5.69 Å². The molecule has 0 spiro atoms. The number of amides is 2. The van der Waals surface area contributed by atoms with E-state index in [1.54, 1.807) is 4.90 Å². The predicted molar refractivity (Wildman–Crippen MR) is 156 cm³/mol. The number of aromatic nitrogens is 4. The first-order valence-corrected chi connectivity index (χ1v) is 14.1. The molecule has 1 aromatic carbocycles. The highest BCUT2D eigenvalue weighted by atomic mass is 35.5. The van der Waals surface area contributed by atoms with Crippen LogP contribution in [0.4, 0.5) is 15.8 Å². The largest absolute Gasteiger partial charge is 0.367 e. The zero-order valence-corrected chi connectivity index (χ0v) is 24.8. The number of pyridine rings is 1. The lowest BCUT2D eigenvalue weighted by atomic mass is 10.1. The summed E-state index contributed by atoms with van der Waals surface area (Å²) in [6, 6.07) is 4.64. The lowest BCUT2D eigenvalue weighted by Crippen LogP contribution is -2.55. The Labute approximate surface area is 247 Å². The molecule has 2 aromatic heterocycles. The fourth-order valence-corrected chi connectivity index (χ4v) is 5.56. The van der Waals surface area contributed by atoms with E-state index in [1.165, 1.54) is 35.3 Å². The average molecular weight is 605 g/mol. The Morgan fingerprint density at radius 1 is 1.00 bits per heavy atom. The maximum atomic E-state index is 15.7. The average Bonchev–Trinajstić information content (AvgIpc) is 3.42. The Morgan fingerprint density at radius 2 is 1.68 bits per heavy atom. The summed E-state index contributed by atoms with van der Waals surface area (Å²) in [5.41, 5.74) is 1.13. The Hall–Kier alpha value is -3.32. The number of hydrogen-bond donors (Lipinski definition) is 1. The highest BCUT2D eigenvalue weighted by molar-refractivity contribution is 6.36. The summed E-state index contributed by atoms with van der Waals surface area (Å²) >= 11 is 12.2. The topological polar surface area (TPSA) is 103 Å². The third-order valence-electron chi connectivity index (χ3n) is 7.83. The number of nitrogens with zero attached hydrogens (tertiary/aromatic N) is 8. The lowest BCUT2D eigenvalue weighted by Gasteiger charge is -2.44. The van der Waals surface area contributed by atoms with E-state index in [0.717, 1.165) is 13.1 Å². The number of benzene rings is 1. The first-order valence-electron chi connectivity index (χ1n) is 13.3. The van der Waals surface area contributed by atoms with E-state index in [-0.39, 0.29) is 45.1 Å². The van der Waals surface area contributed by atoms with Crippen molar-refractivity contribution < 1.29 is 14.0 Å². The number of carbonyl (C=O) groups excluding carboxylic acids is 2. The number of anilines is 2. The minimum atomic E-state index is -0.577. The molecule has 2 aliphatic rings. The van der Waals surface area contributed by atoms with E-state index in [2.05, 4.69) is 51.3 Å². The van der Waals surface area contributed by atoms with Gasteiger partial charge in [0.05, 0.1) is 28.2 Å². The smallest absolute Gasteiger partial charge is 0.276 e. The molecular formula is C27H32Cl2FN9O2. The van der Waals surface area contributed by atoms with Gasteiger partial charge in [0.15, 0.2) is 11.5 Å². The second-order valence-corrected chi connectivity index (χ2v) is 11.5. The van der Waals surface area contributed by atoms with Crippen molar-refractivity contribution in [2.75, 3.05) is 63.6 Å². The second kappa shape index (κ2) is 11.9. The van der Waals surface area contributed by atoms with E-state index in [0.29, 0.717) is 37.6 Å². The minimum absolute atomic E-state index is 0.0320. The van der Waals surface area contributed by atoms with Crippen LogP contribution < -0.4 is 10.2 Å². The van der Waals surface area contributed by atoms with Crippen molar-refractivity contribution >= 4 is 46.4 Å². The number of likely N-dealkylation sites (N-methyl/N-ethyl adjacent to an activating group) is 2. The van der Waals surface area contributed by atoms with Crippen molar-refractivity contribution in [2.45, 2.75) is 25.9 Å². The highest BCUT2D eigenvalue weighted by Gasteiger charge is 2.30. The molecule has 14 heteroatoms. The minimum Gasteiger partial charge on any atom is -0.367 e. The van der Waals surface area contributed by atoms with Gasteiger partial charge in [0, 0.05) is 63.6 Å². The van der Waals surface area contributed by atoms with Gasteiger partial charge in [-0.1, -0.05) is 28.4 Å². The SMILES string of the molecule is C[C@@H]1CN(c2cc(F)c(-n3cc(C(=O)N4CCN(C)CC4)nn3)cc2NC(=O)c2cnc(Cl)cc2Cl)C[C@H](C)N1C. The number of rotatable bonds is 5. The van der Waals surface area contributed by atoms with E-state index in [1.807, 2.05) is 11.9 Å². The van der Waals surface area contributed by atoms with Crippen LogP contribution in [0.3, 0.4) is 0 Å². The summed E-state index contributed by atoms with van der Waals surface area (Å²) in [4.78, 5) is 38.4. The Kier molecular flexibility index (Phi) is 8.46. The highest BCUT2D eigenvalue weighted by Crippen LogP contribution is 2.34. The van der Waals surface area contributed by atoms with Crippen LogP contribution in [0, 0.1) is 5.82 Å². The van der Waals surface area contributed by atoms with E-state index in [4.69, 9.17) is 23.2 Å². The summed E-state index contributed by atoms with van der Waals surface area (Å²) in [5, 5.41) is 11.2. The molecule has 4 heterocycles. The van der Waals surface area contributed by atoms with E-state index < -0.39 is 11.7 Å². The Bertz CT molecular complexity index is 1450. The molecule has 0 aliphatic carbocycles. The number of hydrogen-bond acceptors (Lipinski definition) is 8. The maximum absolute atomic E-state index is 15.7. The molecule has 41 heavy (non-hydrogen) atoms. The van der Waals surface area contributed by atoms with Gasteiger partial charge in [-0.3, -0.25) is 14.5 Å². The number of nitrogens with one attached hydrogen (secondary N) is 1. The molecule has 0 unspecified atom stereocenters. The summed E-state index contributed by atoms with van der Waals surface area (Å²) in [5.74, 6) is -1.37. The van der Waals surface area contributed by atoms with Gasteiger partial charge in [0.2, 0.25) is 0 Å². The van der Waals surface area contributed by atoms with Gasteiger partial charge in [-0.15, -0.1) is 5.10 Å². The molecule has 2 atom stereocenters. The van der Waals surface area contributed by atoms with Crippen LogP contribution in [0.5, 0.6) is 0 Å². The predicted octanol–water partition coefficient (Wildman–Crippen LogP) is 3.28. The number of piperazine rings is 2. The summed E-state index contributed by atoms with van der Waals surface area (Å²) in [6.45, 7) is 8.11. The third kappa shape index (κ3) is 6.15. The zero-order chi connectivity index (χ0) is 29.4. The van der Waals surface area contributed by atoms with Gasteiger partial charge < -0.3 is 20.0 Å². The molecule has 2 saturated heterocycles. The molecule has 3 aromatic rings. The standard InChI is InChI=1S/C27H32Cl2FN9O2/c1-16-13-38(14-17(2)36(16)4)24-10-20(30)23(11-21(24)32-26(40)18-12-31-25(29)9-19(18)28)39-15-22(33-34-39)27(41)37-7-5-35(3)6-8-37/h9-12,15-17H,5-8,13-14H2,1-4H3,(H,32,40)/t16-,17+. The number of carbonyl (C=O) groups is 2. The number of halogens is 3. The molecular weight excluding hydrogens is 572 g/mol. The molecule has 2 amide bonds. The van der Waals surface area contributed by atoms with Crippen LogP contribution in [-0.4, -0.2) is 112 Å². The maximum Gasteiger partial charge on any atom is 0.276 e. The fourth-order valence-electron chi connectivity index (χ4n) is 5.11. The normalized spacial score (nSPS) is 20.4. The van der Waals surface area contributed by atoms with Crippen molar-refractivity contribution in [3.8, 4) is 5.69 Å². The van der Waals surface area contributed by atoms with E-state index >= 15 is 4.39 Å². The van der Waals surface area contributed by atoms with Crippen molar-refractivity contribution in [3.63, 3.8) is 0 Å². The molecule has 5 rings (SSSR count).